The van der Waals surface area contributed by atoms with Crippen LogP contribution in [-0.4, -0.2) is 25.5 Å². The van der Waals surface area contributed by atoms with Crippen molar-refractivity contribution in [1.82, 2.24) is 0 Å². The number of carbonyl (C=O) groups excluding carboxylic acids is 2. The highest BCUT2D eigenvalue weighted by Crippen LogP contribution is 2.28. The summed E-state index contributed by atoms with van der Waals surface area (Å²) in [5.41, 5.74) is 6.43. The van der Waals surface area contributed by atoms with E-state index < -0.39 is 17.6 Å². The fraction of sp³-hybridized carbons (Fsp3) is 0.176. The fourth-order valence-corrected chi connectivity index (χ4v) is 2.00. The lowest BCUT2D eigenvalue weighted by molar-refractivity contribution is -0.119. The molecule has 0 saturated carbocycles. The van der Waals surface area contributed by atoms with Gasteiger partial charge in [0.15, 0.2) is 18.1 Å². The summed E-state index contributed by atoms with van der Waals surface area (Å²) < 4.78 is 23.6. The highest BCUT2D eigenvalue weighted by Gasteiger charge is 2.13. The molecule has 2 rings (SSSR count). The first-order chi connectivity index (χ1) is 11.4. The second-order valence-corrected chi connectivity index (χ2v) is 5.03. The topological polar surface area (TPSA) is 90.7 Å². The van der Waals surface area contributed by atoms with Crippen LogP contribution in [0.25, 0.3) is 0 Å². The first-order valence-electron chi connectivity index (χ1n) is 7.07. The minimum Gasteiger partial charge on any atom is -0.493 e. The Morgan fingerprint density at radius 1 is 1.17 bits per heavy atom. The largest absolute Gasteiger partial charge is 0.493 e. The number of nitrogens with two attached hydrogens (primary N) is 1. The molecule has 0 radical (unpaired) electrons. The van der Waals surface area contributed by atoms with Crippen molar-refractivity contribution in [2.45, 2.75) is 6.92 Å². The lowest BCUT2D eigenvalue weighted by atomic mass is 10.1. The fourth-order valence-electron chi connectivity index (χ4n) is 2.00. The van der Waals surface area contributed by atoms with Gasteiger partial charge in [0, 0.05) is 11.3 Å². The second kappa shape index (κ2) is 7.45. The molecule has 3 N–H and O–H groups in total. The molecule has 0 aromatic heterocycles. The molecular formula is C17H17FN2O4. The monoisotopic (exact) mass is 332 g/mol. The Balaban J connectivity index is 2.20. The van der Waals surface area contributed by atoms with E-state index in [-0.39, 0.29) is 18.1 Å². The molecule has 0 aliphatic carbocycles. The molecule has 0 saturated heterocycles. The zero-order valence-electron chi connectivity index (χ0n) is 13.3. The van der Waals surface area contributed by atoms with Crippen molar-refractivity contribution in [3.05, 3.63) is 53.3 Å². The Bertz CT molecular complexity index is 777. The molecule has 7 heteroatoms. The van der Waals surface area contributed by atoms with Crippen LogP contribution in [0.15, 0.2) is 36.4 Å². The van der Waals surface area contributed by atoms with E-state index in [1.807, 2.05) is 0 Å². The lowest BCUT2D eigenvalue weighted by Crippen LogP contribution is -2.20. The Morgan fingerprint density at radius 2 is 1.92 bits per heavy atom. The van der Waals surface area contributed by atoms with E-state index in [2.05, 4.69) is 5.32 Å². The zero-order valence-corrected chi connectivity index (χ0v) is 13.3. The molecule has 24 heavy (non-hydrogen) atoms. The number of rotatable bonds is 6. The lowest BCUT2D eigenvalue weighted by Gasteiger charge is -2.12. The van der Waals surface area contributed by atoms with Crippen LogP contribution in [0.3, 0.4) is 0 Å². The van der Waals surface area contributed by atoms with Crippen molar-refractivity contribution in [1.29, 1.82) is 0 Å². The predicted molar refractivity (Wildman–Crippen MR) is 86.8 cm³/mol. The quantitative estimate of drug-likeness (QED) is 0.849. The Hall–Kier alpha value is -3.09. The molecule has 0 fully saturated rings. The van der Waals surface area contributed by atoms with Crippen LogP contribution < -0.4 is 20.5 Å². The maximum Gasteiger partial charge on any atom is 0.255 e. The van der Waals surface area contributed by atoms with Gasteiger partial charge in [-0.05, 0) is 42.8 Å². The third kappa shape index (κ3) is 4.22. The number of methoxy groups -OCH3 is 1. The molecule has 0 bridgehead atoms. The summed E-state index contributed by atoms with van der Waals surface area (Å²) in [7, 11) is 1.41. The van der Waals surface area contributed by atoms with Gasteiger partial charge in [-0.1, -0.05) is 6.07 Å². The van der Waals surface area contributed by atoms with Gasteiger partial charge in [0.05, 0.1) is 7.11 Å². The van der Waals surface area contributed by atoms with Gasteiger partial charge in [-0.3, -0.25) is 9.59 Å². The van der Waals surface area contributed by atoms with Crippen molar-refractivity contribution in [2.24, 2.45) is 5.73 Å². The third-order valence-electron chi connectivity index (χ3n) is 3.24. The molecule has 126 valence electrons. The maximum atomic E-state index is 13.3. The van der Waals surface area contributed by atoms with E-state index in [0.717, 1.165) is 5.56 Å². The molecule has 0 heterocycles. The Morgan fingerprint density at radius 3 is 2.58 bits per heavy atom. The van der Waals surface area contributed by atoms with E-state index in [9.17, 15) is 14.0 Å². The summed E-state index contributed by atoms with van der Waals surface area (Å²) in [5, 5.41) is 2.64. The number of nitrogens with one attached hydrogen (secondary N) is 1. The standard InChI is InChI=1S/C17H17FN2O4/c1-10-3-5-12(18)8-13(10)20-17(22)11-4-6-14(15(7-11)23-2)24-9-16(19)21/h3-8H,9H2,1-2H3,(H2,19,21)(H,20,22). The number of anilines is 1. The van der Waals surface area contributed by atoms with Crippen LogP contribution in [0.2, 0.25) is 0 Å². The van der Waals surface area contributed by atoms with Crippen molar-refractivity contribution in [3.8, 4) is 11.5 Å². The molecular weight excluding hydrogens is 315 g/mol. The Kier molecular flexibility index (Phi) is 5.36. The average molecular weight is 332 g/mol. The molecule has 0 unspecified atom stereocenters. The SMILES string of the molecule is COc1cc(C(=O)Nc2cc(F)ccc2C)ccc1OCC(N)=O. The van der Waals surface area contributed by atoms with Crippen molar-refractivity contribution in [2.75, 3.05) is 19.0 Å². The van der Waals surface area contributed by atoms with E-state index in [1.165, 1.54) is 37.4 Å². The zero-order chi connectivity index (χ0) is 17.7. The Labute approximate surface area is 138 Å². The number of primary amides is 1. The number of carbonyl (C=O) groups is 2. The van der Waals surface area contributed by atoms with Crippen molar-refractivity contribution in [3.63, 3.8) is 0 Å². The van der Waals surface area contributed by atoms with Gasteiger partial charge in [0.2, 0.25) is 0 Å². The van der Waals surface area contributed by atoms with E-state index in [0.29, 0.717) is 11.3 Å². The highest BCUT2D eigenvalue weighted by atomic mass is 19.1. The molecule has 2 amide bonds. The van der Waals surface area contributed by atoms with Crippen molar-refractivity contribution >= 4 is 17.5 Å². The van der Waals surface area contributed by atoms with Gasteiger partial charge in [0.1, 0.15) is 5.82 Å². The third-order valence-corrected chi connectivity index (χ3v) is 3.24. The van der Waals surface area contributed by atoms with Crippen LogP contribution in [0.5, 0.6) is 11.5 Å². The van der Waals surface area contributed by atoms with Gasteiger partial charge in [-0.15, -0.1) is 0 Å². The summed E-state index contributed by atoms with van der Waals surface area (Å²) in [5.74, 6) is -0.928. The average Bonchev–Trinajstić information content (AvgIpc) is 2.56. The smallest absolute Gasteiger partial charge is 0.255 e. The first-order valence-corrected chi connectivity index (χ1v) is 7.07. The van der Waals surface area contributed by atoms with Crippen LogP contribution in [0.4, 0.5) is 10.1 Å². The highest BCUT2D eigenvalue weighted by molar-refractivity contribution is 6.05. The summed E-state index contributed by atoms with van der Waals surface area (Å²) in [6.07, 6.45) is 0. The number of ether oxygens (including phenoxy) is 2. The number of benzene rings is 2. The van der Waals surface area contributed by atoms with Gasteiger partial charge in [-0.25, -0.2) is 4.39 Å². The number of amides is 2. The molecule has 0 spiro atoms. The summed E-state index contributed by atoms with van der Waals surface area (Å²) in [6, 6.07) is 8.60. The molecule has 2 aromatic rings. The molecule has 6 nitrogen and oxygen atoms in total. The maximum absolute atomic E-state index is 13.3. The van der Waals surface area contributed by atoms with Crippen LogP contribution in [0, 0.1) is 12.7 Å². The summed E-state index contributed by atoms with van der Waals surface area (Å²) in [4.78, 5) is 23.1. The van der Waals surface area contributed by atoms with Crippen LogP contribution >= 0.6 is 0 Å². The molecule has 0 aliphatic heterocycles. The number of hydrogen-bond donors (Lipinski definition) is 2. The van der Waals surface area contributed by atoms with E-state index in [4.69, 9.17) is 15.2 Å². The van der Waals surface area contributed by atoms with Gasteiger partial charge < -0.3 is 20.5 Å². The van der Waals surface area contributed by atoms with Crippen LogP contribution in [-0.2, 0) is 4.79 Å². The van der Waals surface area contributed by atoms with E-state index in [1.54, 1.807) is 13.0 Å². The molecule has 2 aromatic carbocycles. The second-order valence-electron chi connectivity index (χ2n) is 5.03. The van der Waals surface area contributed by atoms with Gasteiger partial charge >= 0.3 is 0 Å². The molecule has 0 aliphatic rings. The summed E-state index contributed by atoms with van der Waals surface area (Å²) >= 11 is 0. The van der Waals surface area contributed by atoms with Crippen molar-refractivity contribution < 1.29 is 23.5 Å². The first kappa shape index (κ1) is 17.3. The van der Waals surface area contributed by atoms with E-state index >= 15 is 0 Å². The predicted octanol–water partition coefficient (Wildman–Crippen LogP) is 2.26. The van der Waals surface area contributed by atoms with Gasteiger partial charge in [0.25, 0.3) is 11.8 Å². The number of halogens is 1. The minimum absolute atomic E-state index is 0.278. The molecule has 0 atom stereocenters. The minimum atomic E-state index is -0.625. The normalized spacial score (nSPS) is 10.1. The van der Waals surface area contributed by atoms with Crippen LogP contribution in [0.1, 0.15) is 15.9 Å². The summed E-state index contributed by atoms with van der Waals surface area (Å²) in [6.45, 7) is 1.46. The number of aryl methyl sites for hydroxylation is 1. The number of hydrogen-bond acceptors (Lipinski definition) is 4. The van der Waals surface area contributed by atoms with Gasteiger partial charge in [-0.2, -0.15) is 0 Å².